The third-order valence-electron chi connectivity index (χ3n) is 4.55. The highest BCUT2D eigenvalue weighted by atomic mass is 16.6. The zero-order chi connectivity index (χ0) is 18.9. The molecule has 0 bridgehead atoms. The fraction of sp³-hybridized carbons (Fsp3) is 0.684. The normalized spacial score (nSPS) is 24.9. The molecule has 1 aromatic heterocycles. The molecule has 2 rings (SSSR count). The third kappa shape index (κ3) is 4.84. The van der Waals surface area contributed by atoms with E-state index in [-0.39, 0.29) is 5.69 Å². The molecule has 0 radical (unpaired) electrons. The molecule has 1 aromatic rings. The molecule has 1 aliphatic heterocycles. The van der Waals surface area contributed by atoms with Crippen LogP contribution in [0, 0.1) is 23.2 Å². The molecule has 1 fully saturated rings. The highest BCUT2D eigenvalue weighted by molar-refractivity contribution is 5.40. The summed E-state index contributed by atoms with van der Waals surface area (Å²) in [5, 5.41) is 38.5. The van der Waals surface area contributed by atoms with E-state index >= 15 is 0 Å². The average molecular weight is 361 g/mol. The number of rotatable bonds is 8. The molecule has 2 heterocycles. The lowest BCUT2D eigenvalue weighted by Crippen LogP contribution is -2.33. The first-order valence-corrected chi connectivity index (χ1v) is 9.22. The lowest BCUT2D eigenvalue weighted by molar-refractivity contribution is -0.0531. The number of hydrogen-bond acceptors (Lipinski definition) is 6. The fourth-order valence-electron chi connectivity index (χ4n) is 3.01. The Hall–Kier alpha value is -1.90. The van der Waals surface area contributed by atoms with Crippen LogP contribution in [-0.2, 0) is 4.74 Å². The second-order valence-corrected chi connectivity index (χ2v) is 6.51. The van der Waals surface area contributed by atoms with Gasteiger partial charge in [0.25, 0.3) is 0 Å². The topological polar surface area (TPSA) is 112 Å². The average Bonchev–Trinajstić information content (AvgIpc) is 3.18. The minimum absolute atomic E-state index is 0.151. The van der Waals surface area contributed by atoms with Crippen LogP contribution in [-0.4, -0.2) is 49.8 Å². The summed E-state index contributed by atoms with van der Waals surface area (Å²) in [5.41, 5.74) is 0.506. The van der Waals surface area contributed by atoms with Crippen LogP contribution in [0.1, 0.15) is 69.5 Å². The van der Waals surface area contributed by atoms with E-state index in [0.717, 1.165) is 19.3 Å². The van der Waals surface area contributed by atoms with Crippen molar-refractivity contribution in [2.24, 2.45) is 0 Å². The summed E-state index contributed by atoms with van der Waals surface area (Å²) in [6.07, 6.45) is 4.92. The van der Waals surface area contributed by atoms with E-state index in [1.54, 1.807) is 0 Å². The lowest BCUT2D eigenvalue weighted by Gasteiger charge is -2.17. The SMILES string of the molecule is CCCCCCCCC#Cc1c(C#N)ncn1[C@@H]1O[C@H](CO)[C@@H](O)[C@H]1O. The van der Waals surface area contributed by atoms with Crippen LogP contribution in [0.2, 0.25) is 0 Å². The van der Waals surface area contributed by atoms with Gasteiger partial charge in [0.05, 0.1) is 12.9 Å². The van der Waals surface area contributed by atoms with Crippen LogP contribution in [0.25, 0.3) is 0 Å². The number of ether oxygens (including phenoxy) is 1. The standard InChI is InChI=1S/C19H27N3O4/c1-2-3-4-5-6-7-8-9-10-15-14(11-20)21-13-22(15)19-18(25)17(24)16(12-23)26-19/h13,16-19,23-25H,2-8,12H2,1H3/t16-,17-,18-,19-/m1/s1. The first-order valence-electron chi connectivity index (χ1n) is 9.22. The Morgan fingerprint density at radius 1 is 1.19 bits per heavy atom. The second kappa shape index (κ2) is 10.3. The molecule has 0 aliphatic carbocycles. The van der Waals surface area contributed by atoms with Crippen LogP contribution in [0.15, 0.2) is 6.33 Å². The monoisotopic (exact) mass is 361 g/mol. The number of imidazole rings is 1. The summed E-state index contributed by atoms with van der Waals surface area (Å²) in [4.78, 5) is 4.00. The molecular weight excluding hydrogens is 334 g/mol. The van der Waals surface area contributed by atoms with Gasteiger partial charge in [-0.25, -0.2) is 4.98 Å². The van der Waals surface area contributed by atoms with E-state index in [4.69, 9.17) is 4.74 Å². The minimum Gasteiger partial charge on any atom is -0.394 e. The number of nitrogens with zero attached hydrogens (tertiary/aromatic N) is 3. The first-order chi connectivity index (χ1) is 12.6. The first kappa shape index (κ1) is 20.4. The Balaban J connectivity index is 2.02. The van der Waals surface area contributed by atoms with E-state index in [2.05, 4.69) is 23.7 Å². The van der Waals surface area contributed by atoms with Crippen molar-refractivity contribution in [3.8, 4) is 17.9 Å². The Labute approximate surface area is 154 Å². The third-order valence-corrected chi connectivity index (χ3v) is 4.55. The molecule has 0 aromatic carbocycles. The van der Waals surface area contributed by atoms with Crippen molar-refractivity contribution < 1.29 is 20.1 Å². The fourth-order valence-corrected chi connectivity index (χ4v) is 3.01. The van der Waals surface area contributed by atoms with Crippen molar-refractivity contribution in [2.45, 2.75) is 76.4 Å². The summed E-state index contributed by atoms with van der Waals surface area (Å²) in [5.74, 6) is 6.01. The van der Waals surface area contributed by atoms with Crippen LogP contribution in [0.3, 0.4) is 0 Å². The molecule has 0 amide bonds. The molecule has 0 saturated carbocycles. The molecule has 1 aliphatic rings. The number of unbranched alkanes of at least 4 members (excludes halogenated alkanes) is 6. The maximum atomic E-state index is 10.2. The molecule has 142 valence electrons. The van der Waals surface area contributed by atoms with E-state index < -0.39 is 31.1 Å². The summed E-state index contributed by atoms with van der Waals surface area (Å²) in [6, 6.07) is 1.98. The van der Waals surface area contributed by atoms with Gasteiger partial charge in [-0.3, -0.25) is 4.57 Å². The van der Waals surface area contributed by atoms with Gasteiger partial charge in [-0.05, 0) is 12.3 Å². The second-order valence-electron chi connectivity index (χ2n) is 6.51. The van der Waals surface area contributed by atoms with Crippen LogP contribution < -0.4 is 0 Å². The summed E-state index contributed by atoms with van der Waals surface area (Å²) in [7, 11) is 0. The van der Waals surface area contributed by atoms with Gasteiger partial charge in [0.15, 0.2) is 11.9 Å². The molecule has 7 heteroatoms. The number of aliphatic hydroxyl groups is 3. The minimum atomic E-state index is -1.23. The van der Waals surface area contributed by atoms with Crippen molar-refractivity contribution in [1.82, 2.24) is 9.55 Å². The van der Waals surface area contributed by atoms with Gasteiger partial charge in [-0.2, -0.15) is 5.26 Å². The van der Waals surface area contributed by atoms with Gasteiger partial charge in [-0.15, -0.1) is 0 Å². The Kier molecular flexibility index (Phi) is 8.08. The van der Waals surface area contributed by atoms with Crippen LogP contribution in [0.5, 0.6) is 0 Å². The van der Waals surface area contributed by atoms with Gasteiger partial charge in [0.2, 0.25) is 0 Å². The van der Waals surface area contributed by atoms with Crippen molar-refractivity contribution in [3.05, 3.63) is 17.7 Å². The largest absolute Gasteiger partial charge is 0.394 e. The number of aliphatic hydroxyl groups excluding tert-OH is 3. The Bertz CT molecular complexity index is 671. The molecule has 3 N–H and O–H groups in total. The van der Waals surface area contributed by atoms with E-state index in [9.17, 15) is 20.6 Å². The molecule has 7 nitrogen and oxygen atoms in total. The van der Waals surface area contributed by atoms with Crippen LogP contribution >= 0.6 is 0 Å². The van der Waals surface area contributed by atoms with Crippen molar-refractivity contribution in [1.29, 1.82) is 5.26 Å². The van der Waals surface area contributed by atoms with Gasteiger partial charge in [0, 0.05) is 6.42 Å². The van der Waals surface area contributed by atoms with Crippen molar-refractivity contribution >= 4 is 0 Å². The molecular formula is C19H27N3O4. The van der Waals surface area contributed by atoms with Crippen LogP contribution in [0.4, 0.5) is 0 Å². The molecule has 0 spiro atoms. The lowest BCUT2D eigenvalue weighted by atomic mass is 10.1. The van der Waals surface area contributed by atoms with E-state index in [1.807, 2.05) is 6.07 Å². The highest BCUT2D eigenvalue weighted by Gasteiger charge is 2.44. The smallest absolute Gasteiger partial charge is 0.174 e. The zero-order valence-corrected chi connectivity index (χ0v) is 15.1. The zero-order valence-electron chi connectivity index (χ0n) is 15.1. The van der Waals surface area contributed by atoms with Crippen molar-refractivity contribution in [2.75, 3.05) is 6.61 Å². The van der Waals surface area contributed by atoms with Gasteiger partial charge in [-0.1, -0.05) is 44.9 Å². The predicted molar refractivity (Wildman–Crippen MR) is 94.8 cm³/mol. The summed E-state index contributed by atoms with van der Waals surface area (Å²) in [6.45, 7) is 1.78. The maximum Gasteiger partial charge on any atom is 0.174 e. The number of nitriles is 1. The molecule has 4 atom stereocenters. The maximum absolute atomic E-state index is 10.2. The molecule has 26 heavy (non-hydrogen) atoms. The number of hydrogen-bond donors (Lipinski definition) is 3. The predicted octanol–water partition coefficient (Wildman–Crippen LogP) is 1.47. The van der Waals surface area contributed by atoms with E-state index in [1.165, 1.54) is 36.6 Å². The highest BCUT2D eigenvalue weighted by Crippen LogP contribution is 2.30. The Morgan fingerprint density at radius 2 is 1.92 bits per heavy atom. The van der Waals surface area contributed by atoms with Crippen molar-refractivity contribution in [3.63, 3.8) is 0 Å². The molecule has 1 saturated heterocycles. The van der Waals surface area contributed by atoms with E-state index in [0.29, 0.717) is 5.69 Å². The van der Waals surface area contributed by atoms with Gasteiger partial charge in [0.1, 0.15) is 30.1 Å². The number of aromatic nitrogens is 2. The van der Waals surface area contributed by atoms with Gasteiger partial charge < -0.3 is 20.1 Å². The summed E-state index contributed by atoms with van der Waals surface area (Å²) < 4.78 is 6.95. The van der Waals surface area contributed by atoms with Gasteiger partial charge >= 0.3 is 0 Å². The summed E-state index contributed by atoms with van der Waals surface area (Å²) >= 11 is 0. The quantitative estimate of drug-likeness (QED) is 0.477. The Morgan fingerprint density at radius 3 is 2.58 bits per heavy atom. The molecule has 0 unspecified atom stereocenters.